The van der Waals surface area contributed by atoms with Gasteiger partial charge in [-0.1, -0.05) is 163 Å². The van der Waals surface area contributed by atoms with Crippen LogP contribution >= 0.6 is 0 Å². The number of unbranched alkanes of at least 4 members (excludes halogenated alkanes) is 20. The normalized spacial score (nSPS) is 12.8. The third kappa shape index (κ3) is 42.3. The van der Waals surface area contributed by atoms with Crippen LogP contribution in [0.15, 0.2) is 0 Å². The summed E-state index contributed by atoms with van der Waals surface area (Å²) < 4.78 is 34.0. The molecule has 0 radical (unpaired) electrons. The number of ether oxygens (including phenoxy) is 6. The predicted molar refractivity (Wildman–Crippen MR) is 271 cm³/mol. The van der Waals surface area contributed by atoms with Crippen molar-refractivity contribution in [3.63, 3.8) is 0 Å². The number of aliphatic hydroxyl groups is 1. The Morgan fingerprint density at radius 1 is 0.433 bits per heavy atom. The van der Waals surface area contributed by atoms with Gasteiger partial charge in [-0.15, -0.1) is 0 Å². The predicted octanol–water partition coefficient (Wildman–Crippen LogP) is 12.7. The Morgan fingerprint density at radius 2 is 0.836 bits per heavy atom. The first-order valence-corrected chi connectivity index (χ1v) is 27.9. The highest BCUT2D eigenvalue weighted by Gasteiger charge is 2.22. The van der Waals surface area contributed by atoms with Gasteiger partial charge in [-0.2, -0.15) is 0 Å². The highest BCUT2D eigenvalue weighted by atomic mass is 16.6. The van der Waals surface area contributed by atoms with Crippen molar-refractivity contribution in [2.75, 3.05) is 72.5 Å². The first-order chi connectivity index (χ1) is 32.8. The van der Waals surface area contributed by atoms with Crippen molar-refractivity contribution in [3.8, 4) is 0 Å². The molecule has 3 unspecified atom stereocenters. The number of nitrogens with zero attached hydrogens (tertiary/aromatic N) is 1. The van der Waals surface area contributed by atoms with Crippen molar-refractivity contribution < 1.29 is 52.7 Å². The van der Waals surface area contributed by atoms with Crippen LogP contribution in [0.1, 0.15) is 240 Å². The van der Waals surface area contributed by atoms with Crippen LogP contribution in [0.4, 0.5) is 0 Å². The molecule has 0 fully saturated rings. The Bertz CT molecular complexity index is 1120. The second kappa shape index (κ2) is 50.1. The molecule has 1 N–H and O–H groups in total. The maximum absolute atomic E-state index is 13.1. The molecule has 67 heavy (non-hydrogen) atoms. The smallest absolute Gasteiger partial charge is 0.308 e. The van der Waals surface area contributed by atoms with Crippen molar-refractivity contribution in [1.29, 1.82) is 0 Å². The summed E-state index contributed by atoms with van der Waals surface area (Å²) in [5, 5.41) is 8.90. The number of rotatable bonds is 52. The molecule has 0 aromatic carbocycles. The Morgan fingerprint density at radius 3 is 1.28 bits per heavy atom. The molecule has 0 aliphatic rings. The van der Waals surface area contributed by atoms with Gasteiger partial charge in [0, 0.05) is 25.9 Å². The summed E-state index contributed by atoms with van der Waals surface area (Å²) in [5.74, 6) is -0.875. The fraction of sp³-hybridized carbons (Fsp3) is 0.927. The van der Waals surface area contributed by atoms with Gasteiger partial charge in [-0.25, -0.2) is 0 Å². The van der Waals surface area contributed by atoms with Crippen molar-refractivity contribution >= 4 is 23.9 Å². The standard InChI is InChI=1S/C55H105NO11/c1-6-11-15-19-21-27-35-49(33-25-17-13-8-3)54(60)64-41-31-23-29-37-52(58)66-48-51(47-56(10-5)39-43-62-45-46-63-44-40-57)67-53(59)38-30-24-32-42-65-55(61)50(34-26-18-14-9-4)36-28-22-20-16-12-7-2/h49-51,57H,6-48H2,1-5H3. The van der Waals surface area contributed by atoms with Gasteiger partial charge in [-0.3, -0.25) is 24.1 Å². The summed E-state index contributed by atoms with van der Waals surface area (Å²) in [6.45, 7) is 14.7. The zero-order chi connectivity index (χ0) is 49.3. The van der Waals surface area contributed by atoms with Crippen LogP contribution in [0.3, 0.4) is 0 Å². The second-order valence-electron chi connectivity index (χ2n) is 18.8. The lowest BCUT2D eigenvalue weighted by molar-refractivity contribution is -0.160. The van der Waals surface area contributed by atoms with Crippen molar-refractivity contribution in [2.45, 2.75) is 246 Å². The highest BCUT2D eigenvalue weighted by Crippen LogP contribution is 2.22. The highest BCUT2D eigenvalue weighted by molar-refractivity contribution is 5.73. The molecule has 396 valence electrons. The lowest BCUT2D eigenvalue weighted by Crippen LogP contribution is -2.40. The first-order valence-electron chi connectivity index (χ1n) is 27.9. The molecule has 0 rings (SSSR count). The monoisotopic (exact) mass is 956 g/mol. The molecule has 12 nitrogen and oxygen atoms in total. The number of carbonyl (C=O) groups excluding carboxylic acids is 4. The van der Waals surface area contributed by atoms with E-state index in [0.717, 1.165) is 77.0 Å². The summed E-state index contributed by atoms with van der Waals surface area (Å²) in [5.41, 5.74) is 0. The lowest BCUT2D eigenvalue weighted by Gasteiger charge is -2.26. The van der Waals surface area contributed by atoms with E-state index in [4.69, 9.17) is 33.5 Å². The zero-order valence-electron chi connectivity index (χ0n) is 44.1. The average Bonchev–Trinajstić information content (AvgIpc) is 3.32. The van der Waals surface area contributed by atoms with Gasteiger partial charge in [0.25, 0.3) is 0 Å². The van der Waals surface area contributed by atoms with Crippen LogP contribution < -0.4 is 0 Å². The van der Waals surface area contributed by atoms with E-state index in [1.165, 1.54) is 89.9 Å². The largest absolute Gasteiger partial charge is 0.465 e. The molecule has 0 aromatic rings. The molecule has 0 amide bonds. The quantitative estimate of drug-likeness (QED) is 0.0351. The zero-order valence-corrected chi connectivity index (χ0v) is 44.1. The van der Waals surface area contributed by atoms with E-state index in [9.17, 15) is 19.2 Å². The third-order valence-corrected chi connectivity index (χ3v) is 12.6. The van der Waals surface area contributed by atoms with Crippen LogP contribution in [0.25, 0.3) is 0 Å². The van der Waals surface area contributed by atoms with Gasteiger partial charge in [-0.05, 0) is 70.8 Å². The van der Waals surface area contributed by atoms with E-state index < -0.39 is 6.10 Å². The van der Waals surface area contributed by atoms with E-state index in [1.807, 2.05) is 6.92 Å². The number of likely N-dealkylation sites (N-methyl/N-ethyl adjacent to an activating group) is 1. The average molecular weight is 956 g/mol. The van der Waals surface area contributed by atoms with E-state index >= 15 is 0 Å². The van der Waals surface area contributed by atoms with Crippen molar-refractivity contribution in [3.05, 3.63) is 0 Å². The topological polar surface area (TPSA) is 147 Å². The number of aliphatic hydroxyl groups excluding tert-OH is 1. The van der Waals surface area contributed by atoms with E-state index in [2.05, 4.69) is 32.6 Å². The summed E-state index contributed by atoms with van der Waals surface area (Å²) in [6, 6.07) is 0. The minimum absolute atomic E-state index is 0.0213. The fourth-order valence-electron chi connectivity index (χ4n) is 8.29. The Labute approximate surface area is 410 Å². The lowest BCUT2D eigenvalue weighted by atomic mass is 9.94. The van der Waals surface area contributed by atoms with Crippen LogP contribution in [0.5, 0.6) is 0 Å². The fourth-order valence-corrected chi connectivity index (χ4v) is 8.29. The summed E-state index contributed by atoms with van der Waals surface area (Å²) in [6.07, 6.45) is 31.2. The summed E-state index contributed by atoms with van der Waals surface area (Å²) in [4.78, 5) is 54.1. The van der Waals surface area contributed by atoms with Crippen LogP contribution in [0, 0.1) is 11.8 Å². The molecule has 0 saturated heterocycles. The molecule has 0 aliphatic carbocycles. The van der Waals surface area contributed by atoms with Gasteiger partial charge in [0.1, 0.15) is 12.7 Å². The minimum atomic E-state index is -0.642. The number of hydrogen-bond acceptors (Lipinski definition) is 12. The van der Waals surface area contributed by atoms with E-state index in [0.29, 0.717) is 78.4 Å². The molecular weight excluding hydrogens is 851 g/mol. The van der Waals surface area contributed by atoms with Gasteiger partial charge >= 0.3 is 23.9 Å². The Balaban J connectivity index is 4.96. The molecular formula is C55H105NO11. The maximum Gasteiger partial charge on any atom is 0.308 e. The Kier molecular flexibility index (Phi) is 48.4. The van der Waals surface area contributed by atoms with Gasteiger partial charge in [0.05, 0.1) is 58.1 Å². The van der Waals surface area contributed by atoms with E-state index in [-0.39, 0.29) is 68.4 Å². The molecule has 0 aromatic heterocycles. The molecule has 0 bridgehead atoms. The van der Waals surface area contributed by atoms with Gasteiger partial charge in [0.15, 0.2) is 0 Å². The second-order valence-corrected chi connectivity index (χ2v) is 18.8. The summed E-state index contributed by atoms with van der Waals surface area (Å²) >= 11 is 0. The molecule has 3 atom stereocenters. The molecule has 0 heterocycles. The SMILES string of the molecule is CCCCCCCCC(CCCCCC)C(=O)OCCCCCC(=O)OCC(CN(CC)CCOCCOCCO)OC(=O)CCCCCOC(=O)C(CCCCCC)CCCCCCCC. The Hall–Kier alpha value is -2.28. The van der Waals surface area contributed by atoms with Gasteiger partial charge < -0.3 is 33.5 Å². The molecule has 0 aliphatic heterocycles. The molecule has 12 heteroatoms. The first kappa shape index (κ1) is 64.7. The molecule has 0 saturated carbocycles. The van der Waals surface area contributed by atoms with Gasteiger partial charge in [0.2, 0.25) is 0 Å². The maximum atomic E-state index is 13.1. The number of carbonyl (C=O) groups is 4. The van der Waals surface area contributed by atoms with Crippen LogP contribution in [-0.2, 0) is 47.6 Å². The number of hydrogen-bond donors (Lipinski definition) is 1. The molecule has 0 spiro atoms. The van der Waals surface area contributed by atoms with Crippen molar-refractivity contribution in [2.24, 2.45) is 11.8 Å². The van der Waals surface area contributed by atoms with E-state index in [1.54, 1.807) is 0 Å². The van der Waals surface area contributed by atoms with Crippen LogP contribution in [-0.4, -0.2) is 112 Å². The number of esters is 4. The minimum Gasteiger partial charge on any atom is -0.465 e. The summed E-state index contributed by atoms with van der Waals surface area (Å²) in [7, 11) is 0. The van der Waals surface area contributed by atoms with Crippen molar-refractivity contribution in [1.82, 2.24) is 4.90 Å². The third-order valence-electron chi connectivity index (χ3n) is 12.6. The van der Waals surface area contributed by atoms with Crippen LogP contribution in [0.2, 0.25) is 0 Å².